The molecule has 3 heteroatoms. The van der Waals surface area contributed by atoms with Crippen molar-refractivity contribution in [3.63, 3.8) is 0 Å². The molecule has 1 rings (SSSR count). The Morgan fingerprint density at radius 2 is 1.84 bits per heavy atom. The lowest BCUT2D eigenvalue weighted by molar-refractivity contribution is 0.352. The molecule has 0 aliphatic carbocycles. The van der Waals surface area contributed by atoms with Gasteiger partial charge in [-0.05, 0) is 36.6 Å². The fraction of sp³-hybridized carbons (Fsp3) is 0.625. The van der Waals surface area contributed by atoms with Gasteiger partial charge in [-0.1, -0.05) is 32.8 Å². The van der Waals surface area contributed by atoms with Crippen LogP contribution in [-0.4, -0.2) is 27.8 Å². The van der Waals surface area contributed by atoms with Crippen LogP contribution in [0.25, 0.3) is 0 Å². The molecule has 0 radical (unpaired) electrons. The second kappa shape index (κ2) is 8.05. The van der Waals surface area contributed by atoms with Gasteiger partial charge in [0.25, 0.3) is 0 Å². The maximum Gasteiger partial charge on any atom is 0.160 e. The van der Waals surface area contributed by atoms with Gasteiger partial charge in [0.2, 0.25) is 0 Å². The molecule has 0 heterocycles. The van der Waals surface area contributed by atoms with Gasteiger partial charge in [-0.15, -0.1) is 0 Å². The van der Waals surface area contributed by atoms with Crippen molar-refractivity contribution >= 4 is 0 Å². The molecule has 1 N–H and O–H groups in total. The molecule has 3 nitrogen and oxygen atoms in total. The van der Waals surface area contributed by atoms with Crippen molar-refractivity contribution in [2.45, 2.75) is 32.6 Å². The van der Waals surface area contributed by atoms with Crippen LogP contribution in [0.5, 0.6) is 11.5 Å². The largest absolute Gasteiger partial charge is 0.493 e. The fourth-order valence-corrected chi connectivity index (χ4v) is 2.61. The van der Waals surface area contributed by atoms with Gasteiger partial charge >= 0.3 is 0 Å². The van der Waals surface area contributed by atoms with E-state index in [1.165, 1.54) is 18.4 Å². The molecule has 0 saturated heterocycles. The van der Waals surface area contributed by atoms with E-state index in [-0.39, 0.29) is 0 Å². The number of rotatable bonds is 8. The first-order valence-corrected chi connectivity index (χ1v) is 7.04. The van der Waals surface area contributed by atoms with Crippen LogP contribution in [0.4, 0.5) is 0 Å². The van der Waals surface area contributed by atoms with Crippen molar-refractivity contribution in [2.24, 2.45) is 5.92 Å². The Balaban J connectivity index is 3.01. The van der Waals surface area contributed by atoms with E-state index < -0.39 is 0 Å². The number of hydrogen-bond donors (Lipinski definition) is 1. The van der Waals surface area contributed by atoms with E-state index in [0.717, 1.165) is 18.0 Å². The SMILES string of the molecule is CCCC(C)C(CNC)c1ccc(OC)c(OC)c1. The third-order valence-corrected chi connectivity index (χ3v) is 3.69. The minimum atomic E-state index is 0.504. The Kier molecular flexibility index (Phi) is 6.71. The maximum absolute atomic E-state index is 5.40. The van der Waals surface area contributed by atoms with Crippen LogP contribution in [-0.2, 0) is 0 Å². The lowest BCUT2D eigenvalue weighted by Gasteiger charge is -2.25. The molecule has 0 aliphatic heterocycles. The topological polar surface area (TPSA) is 30.5 Å². The van der Waals surface area contributed by atoms with Gasteiger partial charge in [0.05, 0.1) is 14.2 Å². The van der Waals surface area contributed by atoms with Crippen LogP contribution >= 0.6 is 0 Å². The first-order valence-electron chi connectivity index (χ1n) is 7.04. The van der Waals surface area contributed by atoms with E-state index in [0.29, 0.717) is 11.8 Å². The Hall–Kier alpha value is -1.22. The zero-order valence-corrected chi connectivity index (χ0v) is 12.8. The van der Waals surface area contributed by atoms with Crippen LogP contribution in [0.2, 0.25) is 0 Å². The highest BCUT2D eigenvalue weighted by atomic mass is 16.5. The smallest absolute Gasteiger partial charge is 0.160 e. The molecular formula is C16H27NO2. The number of ether oxygens (including phenoxy) is 2. The second-order valence-corrected chi connectivity index (χ2v) is 5.04. The number of methoxy groups -OCH3 is 2. The molecular weight excluding hydrogens is 238 g/mol. The number of likely N-dealkylation sites (N-methyl/N-ethyl adjacent to an activating group) is 1. The molecule has 2 atom stereocenters. The Bertz CT molecular complexity index is 379. The lowest BCUT2D eigenvalue weighted by atomic mass is 9.84. The van der Waals surface area contributed by atoms with Crippen LogP contribution < -0.4 is 14.8 Å². The maximum atomic E-state index is 5.40. The van der Waals surface area contributed by atoms with E-state index in [1.54, 1.807) is 14.2 Å². The van der Waals surface area contributed by atoms with Crippen molar-refractivity contribution < 1.29 is 9.47 Å². The molecule has 0 spiro atoms. The van der Waals surface area contributed by atoms with Gasteiger partial charge in [-0.25, -0.2) is 0 Å². The zero-order chi connectivity index (χ0) is 14.3. The molecule has 0 aromatic heterocycles. The number of nitrogens with one attached hydrogen (secondary N) is 1. The quantitative estimate of drug-likeness (QED) is 0.781. The summed E-state index contributed by atoms with van der Waals surface area (Å²) in [5.74, 6) is 2.75. The summed E-state index contributed by atoms with van der Waals surface area (Å²) in [4.78, 5) is 0. The number of hydrogen-bond acceptors (Lipinski definition) is 3. The summed E-state index contributed by atoms with van der Waals surface area (Å²) in [7, 11) is 5.36. The molecule has 0 fully saturated rings. The predicted octanol–water partition coefficient (Wildman–Crippen LogP) is 3.44. The lowest BCUT2D eigenvalue weighted by Crippen LogP contribution is -2.22. The van der Waals surface area contributed by atoms with E-state index in [2.05, 4.69) is 31.3 Å². The second-order valence-electron chi connectivity index (χ2n) is 5.04. The van der Waals surface area contributed by atoms with Crippen molar-refractivity contribution in [3.05, 3.63) is 23.8 Å². The fourth-order valence-electron chi connectivity index (χ4n) is 2.61. The Morgan fingerprint density at radius 3 is 2.37 bits per heavy atom. The highest BCUT2D eigenvalue weighted by Crippen LogP contribution is 2.34. The van der Waals surface area contributed by atoms with E-state index in [4.69, 9.17) is 9.47 Å². The van der Waals surface area contributed by atoms with Gasteiger partial charge in [-0.2, -0.15) is 0 Å². The van der Waals surface area contributed by atoms with E-state index >= 15 is 0 Å². The molecule has 1 aromatic rings. The molecule has 0 bridgehead atoms. The summed E-state index contributed by atoms with van der Waals surface area (Å²) in [6, 6.07) is 6.25. The van der Waals surface area contributed by atoms with Gasteiger partial charge in [0, 0.05) is 6.54 Å². The molecule has 108 valence electrons. The van der Waals surface area contributed by atoms with Crippen molar-refractivity contribution in [1.82, 2.24) is 5.32 Å². The molecule has 2 unspecified atom stereocenters. The molecule has 19 heavy (non-hydrogen) atoms. The van der Waals surface area contributed by atoms with E-state index in [1.807, 2.05) is 13.1 Å². The monoisotopic (exact) mass is 265 g/mol. The van der Waals surface area contributed by atoms with Gasteiger partial charge in [-0.3, -0.25) is 0 Å². The summed E-state index contributed by atoms with van der Waals surface area (Å²) in [5, 5.41) is 3.30. The zero-order valence-electron chi connectivity index (χ0n) is 12.8. The first-order chi connectivity index (χ1) is 9.17. The summed E-state index contributed by atoms with van der Waals surface area (Å²) in [6.45, 7) is 5.54. The third-order valence-electron chi connectivity index (χ3n) is 3.69. The Labute approximate surface area is 117 Å². The normalized spacial score (nSPS) is 13.9. The standard InChI is InChI=1S/C16H27NO2/c1-6-7-12(2)14(11-17-3)13-8-9-15(18-4)16(10-13)19-5/h8-10,12,14,17H,6-7,11H2,1-5H3. The van der Waals surface area contributed by atoms with Crippen LogP contribution in [0.15, 0.2) is 18.2 Å². The average molecular weight is 265 g/mol. The first kappa shape index (κ1) is 15.8. The molecule has 1 aromatic carbocycles. The van der Waals surface area contributed by atoms with Crippen molar-refractivity contribution in [2.75, 3.05) is 27.8 Å². The van der Waals surface area contributed by atoms with Gasteiger partial charge < -0.3 is 14.8 Å². The van der Waals surface area contributed by atoms with Gasteiger partial charge in [0.15, 0.2) is 11.5 Å². The molecule has 0 aliphatic rings. The predicted molar refractivity (Wildman–Crippen MR) is 80.3 cm³/mol. The van der Waals surface area contributed by atoms with Gasteiger partial charge in [0.1, 0.15) is 0 Å². The summed E-state index contributed by atoms with van der Waals surface area (Å²) in [5.41, 5.74) is 1.31. The summed E-state index contributed by atoms with van der Waals surface area (Å²) >= 11 is 0. The minimum absolute atomic E-state index is 0.504. The highest BCUT2D eigenvalue weighted by molar-refractivity contribution is 5.44. The summed E-state index contributed by atoms with van der Waals surface area (Å²) in [6.07, 6.45) is 2.45. The molecule has 0 amide bonds. The van der Waals surface area contributed by atoms with Crippen molar-refractivity contribution in [1.29, 1.82) is 0 Å². The minimum Gasteiger partial charge on any atom is -0.493 e. The highest BCUT2D eigenvalue weighted by Gasteiger charge is 2.19. The van der Waals surface area contributed by atoms with Crippen LogP contribution in [0, 0.1) is 5.92 Å². The van der Waals surface area contributed by atoms with E-state index in [9.17, 15) is 0 Å². The molecule has 0 saturated carbocycles. The Morgan fingerprint density at radius 1 is 1.16 bits per heavy atom. The summed E-state index contributed by atoms with van der Waals surface area (Å²) < 4.78 is 10.7. The third kappa shape index (κ3) is 4.13. The van der Waals surface area contributed by atoms with Crippen LogP contribution in [0.3, 0.4) is 0 Å². The average Bonchev–Trinajstić information content (AvgIpc) is 2.44. The number of benzene rings is 1. The van der Waals surface area contributed by atoms with Crippen molar-refractivity contribution in [3.8, 4) is 11.5 Å². The van der Waals surface area contributed by atoms with Crippen LogP contribution in [0.1, 0.15) is 38.2 Å².